The van der Waals surface area contributed by atoms with Crippen LogP contribution in [0.15, 0.2) is 212 Å². The zero-order valence-corrected chi connectivity index (χ0v) is 33.1. The van der Waals surface area contributed by atoms with Crippen LogP contribution in [0.1, 0.15) is 25.0 Å². The van der Waals surface area contributed by atoms with Crippen molar-refractivity contribution in [2.75, 3.05) is 4.90 Å². The fourth-order valence-electron chi connectivity index (χ4n) is 9.21. The first-order chi connectivity index (χ1) is 28.5. The monoisotopic (exact) mass is 744 g/mol. The lowest BCUT2D eigenvalue weighted by Crippen LogP contribution is -2.16. The Bertz CT molecular complexity index is 2870. The van der Waals surface area contributed by atoms with Gasteiger partial charge in [0.1, 0.15) is 0 Å². The summed E-state index contributed by atoms with van der Waals surface area (Å²) in [5.41, 5.74) is 20.6. The number of rotatable bonds is 8. The molecule has 0 N–H and O–H groups in total. The third-order valence-electron chi connectivity index (χ3n) is 12.0. The van der Waals surface area contributed by atoms with E-state index in [1.165, 1.54) is 78.1 Å². The molecule has 1 heterocycles. The van der Waals surface area contributed by atoms with Crippen molar-refractivity contribution in [2.45, 2.75) is 19.3 Å². The fourth-order valence-corrected chi connectivity index (χ4v) is 9.21. The van der Waals surface area contributed by atoms with Crippen LogP contribution in [0, 0.1) is 0 Å². The Morgan fingerprint density at radius 1 is 0.345 bits per heavy atom. The van der Waals surface area contributed by atoms with Gasteiger partial charge in [-0.25, -0.2) is 0 Å². The summed E-state index contributed by atoms with van der Waals surface area (Å²) in [6.45, 7) is 4.71. The molecule has 0 amide bonds. The Kier molecular flexibility index (Phi) is 8.76. The average molecular weight is 745 g/mol. The average Bonchev–Trinajstić information content (AvgIpc) is 3.72. The Morgan fingerprint density at radius 2 is 0.724 bits per heavy atom. The second-order valence-electron chi connectivity index (χ2n) is 15.8. The van der Waals surface area contributed by atoms with Gasteiger partial charge in [-0.2, -0.15) is 0 Å². The third-order valence-corrected chi connectivity index (χ3v) is 12.0. The highest BCUT2D eigenvalue weighted by atomic mass is 15.1. The molecule has 2 heteroatoms. The number of benzene rings is 8. The van der Waals surface area contributed by atoms with E-state index in [-0.39, 0.29) is 5.41 Å². The first-order valence-electron chi connectivity index (χ1n) is 20.2. The number of hydrogen-bond acceptors (Lipinski definition) is 1. The summed E-state index contributed by atoms with van der Waals surface area (Å²) in [5, 5.41) is 0. The lowest BCUT2D eigenvalue weighted by molar-refractivity contribution is 0.660. The van der Waals surface area contributed by atoms with Gasteiger partial charge in [-0.3, -0.25) is 0 Å². The van der Waals surface area contributed by atoms with E-state index < -0.39 is 0 Å². The van der Waals surface area contributed by atoms with Gasteiger partial charge < -0.3 is 9.47 Å². The Hall–Kier alpha value is -7.16. The maximum atomic E-state index is 2.42. The van der Waals surface area contributed by atoms with Gasteiger partial charge in [0.25, 0.3) is 0 Å². The Labute approximate surface area is 342 Å². The molecule has 58 heavy (non-hydrogen) atoms. The first-order valence-corrected chi connectivity index (χ1v) is 20.2. The van der Waals surface area contributed by atoms with Crippen molar-refractivity contribution in [3.8, 4) is 67.0 Å². The molecular formula is C56H44N2. The molecule has 2 nitrogen and oxygen atoms in total. The molecule has 1 aliphatic carbocycles. The predicted octanol–water partition coefficient (Wildman–Crippen LogP) is 15.1. The van der Waals surface area contributed by atoms with Gasteiger partial charge in [0, 0.05) is 40.7 Å². The quantitative estimate of drug-likeness (QED) is 0.150. The van der Waals surface area contributed by atoms with Gasteiger partial charge in [0.05, 0.1) is 11.4 Å². The fraction of sp³-hybridized carbons (Fsp3) is 0.0714. The molecular weight excluding hydrogens is 701 g/mol. The molecule has 8 aromatic carbocycles. The van der Waals surface area contributed by atoms with Crippen molar-refractivity contribution in [1.29, 1.82) is 0 Å². The summed E-state index contributed by atoms with van der Waals surface area (Å²) < 4.78 is 2.39. The van der Waals surface area contributed by atoms with Crippen LogP contribution in [0.5, 0.6) is 0 Å². The minimum atomic E-state index is -0.111. The normalized spacial score (nSPS) is 12.5. The highest BCUT2D eigenvalue weighted by Crippen LogP contribution is 2.52. The number of aromatic nitrogens is 1. The maximum absolute atomic E-state index is 2.42. The summed E-state index contributed by atoms with van der Waals surface area (Å²) in [4.78, 5) is 2.41. The van der Waals surface area contributed by atoms with Crippen LogP contribution in [-0.4, -0.2) is 4.57 Å². The van der Waals surface area contributed by atoms with Gasteiger partial charge in [0.2, 0.25) is 0 Å². The molecule has 0 saturated heterocycles. The molecule has 0 bridgehead atoms. The molecule has 1 aromatic heterocycles. The van der Waals surface area contributed by atoms with E-state index in [4.69, 9.17) is 0 Å². The lowest BCUT2D eigenvalue weighted by atomic mass is 9.82. The van der Waals surface area contributed by atoms with Crippen molar-refractivity contribution < 1.29 is 0 Å². The van der Waals surface area contributed by atoms with E-state index in [1.54, 1.807) is 0 Å². The van der Waals surface area contributed by atoms with Crippen LogP contribution in [0.25, 0.3) is 67.0 Å². The first kappa shape index (κ1) is 35.3. The molecule has 0 saturated carbocycles. The van der Waals surface area contributed by atoms with Gasteiger partial charge in [-0.15, -0.1) is 0 Å². The van der Waals surface area contributed by atoms with Gasteiger partial charge in [0.15, 0.2) is 0 Å². The second kappa shape index (κ2) is 14.4. The molecule has 1 aliphatic rings. The van der Waals surface area contributed by atoms with Crippen LogP contribution >= 0.6 is 0 Å². The third kappa shape index (κ3) is 5.97. The summed E-state index contributed by atoms with van der Waals surface area (Å²) in [6.07, 6.45) is 0. The summed E-state index contributed by atoms with van der Waals surface area (Å²) in [7, 11) is 2.21. The van der Waals surface area contributed by atoms with Crippen molar-refractivity contribution >= 4 is 17.1 Å². The maximum Gasteiger partial charge on any atom is 0.0568 e. The molecule has 0 radical (unpaired) electrons. The molecule has 0 fully saturated rings. The van der Waals surface area contributed by atoms with E-state index in [1.807, 2.05) is 0 Å². The van der Waals surface area contributed by atoms with E-state index in [2.05, 4.69) is 243 Å². The second-order valence-corrected chi connectivity index (χ2v) is 15.8. The number of nitrogens with zero attached hydrogens (tertiary/aromatic N) is 2. The summed E-state index contributed by atoms with van der Waals surface area (Å²) >= 11 is 0. The largest absolute Gasteiger partial charge is 0.343 e. The molecule has 0 unspecified atom stereocenters. The van der Waals surface area contributed by atoms with Crippen molar-refractivity contribution in [1.82, 2.24) is 4.57 Å². The topological polar surface area (TPSA) is 8.17 Å². The van der Waals surface area contributed by atoms with E-state index in [0.29, 0.717) is 0 Å². The standard InChI is InChI=1S/C56H44N2/c1-56(2)50-27-17-16-26-48(50)49-37-36-47(38-51(49)56)58(45-32-28-40(29-33-45)39-18-8-4-9-19-39)46-34-30-42(31-35-46)53-52(41-20-10-5-11-21-41)54(43-22-12-6-13-23-43)57(3)55(53)44-24-14-7-15-25-44/h4-38H,1-3H3. The predicted molar refractivity (Wildman–Crippen MR) is 245 cm³/mol. The smallest absolute Gasteiger partial charge is 0.0568 e. The number of anilines is 3. The van der Waals surface area contributed by atoms with E-state index in [0.717, 1.165) is 17.1 Å². The van der Waals surface area contributed by atoms with Crippen molar-refractivity contribution in [3.05, 3.63) is 223 Å². The van der Waals surface area contributed by atoms with Crippen LogP contribution in [-0.2, 0) is 12.5 Å². The summed E-state index contributed by atoms with van der Waals surface area (Å²) in [5.74, 6) is 0. The van der Waals surface area contributed by atoms with Gasteiger partial charge in [-0.05, 0) is 92.0 Å². The SMILES string of the molecule is Cn1c(-c2ccccc2)c(-c2ccccc2)c(-c2ccc(N(c3ccc(-c4ccccc4)cc3)c3ccc4c(c3)C(C)(C)c3ccccc3-4)cc2)c1-c1ccccc1. The number of fused-ring (bicyclic) bond motifs is 3. The van der Waals surface area contributed by atoms with Crippen molar-refractivity contribution in [2.24, 2.45) is 7.05 Å². The number of hydrogen-bond donors (Lipinski definition) is 0. The minimum absolute atomic E-state index is 0.111. The highest BCUT2D eigenvalue weighted by Gasteiger charge is 2.36. The lowest BCUT2D eigenvalue weighted by Gasteiger charge is -2.28. The van der Waals surface area contributed by atoms with Crippen LogP contribution in [0.2, 0.25) is 0 Å². The van der Waals surface area contributed by atoms with Crippen LogP contribution < -0.4 is 4.90 Å². The van der Waals surface area contributed by atoms with Crippen LogP contribution in [0.4, 0.5) is 17.1 Å². The Balaban J connectivity index is 1.15. The molecule has 10 rings (SSSR count). The zero-order valence-electron chi connectivity index (χ0n) is 33.1. The molecule has 0 atom stereocenters. The summed E-state index contributed by atoms with van der Waals surface area (Å²) in [6, 6.07) is 77.2. The minimum Gasteiger partial charge on any atom is -0.343 e. The van der Waals surface area contributed by atoms with E-state index >= 15 is 0 Å². The Morgan fingerprint density at radius 3 is 1.26 bits per heavy atom. The van der Waals surface area contributed by atoms with Gasteiger partial charge in [-0.1, -0.05) is 190 Å². The molecule has 9 aromatic rings. The highest BCUT2D eigenvalue weighted by molar-refractivity contribution is 6.02. The molecule has 278 valence electrons. The van der Waals surface area contributed by atoms with Crippen LogP contribution in [0.3, 0.4) is 0 Å². The zero-order chi connectivity index (χ0) is 39.2. The molecule has 0 spiro atoms. The molecule has 0 aliphatic heterocycles. The van der Waals surface area contributed by atoms with Crippen molar-refractivity contribution in [3.63, 3.8) is 0 Å². The van der Waals surface area contributed by atoms with Gasteiger partial charge >= 0.3 is 0 Å². The van der Waals surface area contributed by atoms with E-state index in [9.17, 15) is 0 Å².